The van der Waals surface area contributed by atoms with Crippen molar-refractivity contribution in [2.24, 2.45) is 41.1 Å². The number of ketones is 2. The standard InChI is InChI=1S/C18H22ClFN2O6.C18H26ClFN2O4.C18H24ClFN2O4.C13H16ClNO4.C8H6Cl2O2.C5H12FNO.C5H11NO2.CH4.FH/c1-10(2)16(17(26)21-13(7-15(24)25)14(23)8-20)22-18(27)28-9-11-5-3-4-6-12(11)19;2*1-4-14(15(23)9-20)21-17(24)16(11(2)3)22-18(25)26-10-12-7-5-6-8-13(12)19;1-8(2)11(12(16)17)15-13(18)19-7-9-5-3-4-6-10(9)14;9-7-4-2-1-3-6(7)5-12-8(10)11;1-2-4(7)5(8)3-6;1-3(2)4(6)5(7)8;;/h3-6,10,13,16H,7-9H2,1-2H3,(H,21,26)(H,22,27)(H,24,25);5-8,11,14-16,23H,4,9-10H2,1-3H3,(H,21,24)(H,22,25);5-8,11,14,16H,4,9-10H2,1-3H3,(H,21,24)(H,22,25);3-6,8,11H,7H2,1-2H3,(H,15,18)(H,16,17);1-4H,5H2;4-5,8H,2-3,7H2,1H3;3-4H,6H2,1-2H3,(H,7,8);1H4;1H/t13?,16-;14?,15?,16-;14?,16-;11-;;;4-;;/m0000..0../s1/i/hT. The van der Waals surface area contributed by atoms with E-state index in [2.05, 4.69) is 43.4 Å². The first-order valence-electron chi connectivity index (χ1n) is 40.0. The van der Waals surface area contributed by atoms with Crippen LogP contribution < -0.4 is 48.7 Å². The van der Waals surface area contributed by atoms with Crippen LogP contribution >= 0.6 is 69.6 Å². The molecular formula is C86H122Cl6F5N9O23. The Kier molecular flexibility index (Phi) is 66.8. The summed E-state index contributed by atoms with van der Waals surface area (Å²) in [5.74, 6) is -8.19. The quantitative estimate of drug-likeness (QED) is 0.00984. The molecule has 5 rings (SSSR count). The first-order valence-corrected chi connectivity index (χ1v) is 41.9. The number of benzene rings is 5. The Labute approximate surface area is 779 Å². The van der Waals surface area contributed by atoms with Gasteiger partial charge >= 0.3 is 47.7 Å². The van der Waals surface area contributed by atoms with Crippen molar-refractivity contribution >= 4 is 147 Å². The molecule has 0 bridgehead atoms. The minimum atomic E-state index is -1.53. The number of aliphatic carboxylic acids is 3. The number of aliphatic hydroxyl groups is 2. The van der Waals surface area contributed by atoms with Gasteiger partial charge in [0.1, 0.15) is 102 Å². The van der Waals surface area contributed by atoms with Crippen molar-refractivity contribution in [2.45, 2.75) is 223 Å². The molecule has 129 heavy (non-hydrogen) atoms. The molecule has 0 fully saturated rings. The van der Waals surface area contributed by atoms with E-state index in [9.17, 15) is 85.0 Å². The second-order valence-corrected chi connectivity index (χ2v) is 31.4. The summed E-state index contributed by atoms with van der Waals surface area (Å²) in [6.07, 6.45) is -5.03. The van der Waals surface area contributed by atoms with Gasteiger partial charge in [-0.2, -0.15) is 0 Å². The number of halogens is 11. The number of rotatable bonds is 40. The van der Waals surface area contributed by atoms with Gasteiger partial charge in [-0.3, -0.25) is 38.3 Å². The molecule has 0 aliphatic carbocycles. The van der Waals surface area contributed by atoms with E-state index < -0.39 is 183 Å². The normalized spacial score (nSPS) is 13.0. The summed E-state index contributed by atoms with van der Waals surface area (Å²) in [6.45, 7) is 18.0. The summed E-state index contributed by atoms with van der Waals surface area (Å²) in [5.41, 5.74) is 12.8. The Hall–Kier alpha value is -9.96. The summed E-state index contributed by atoms with van der Waals surface area (Å²) in [6, 6.07) is 26.5. The maximum absolute atomic E-state index is 12.6. The number of alkyl carbamates (subject to hydrolysis) is 4. The molecule has 5 aromatic carbocycles. The Bertz CT molecular complexity index is 4220. The Morgan fingerprint density at radius 1 is 0.388 bits per heavy atom. The molecule has 0 spiro atoms. The van der Waals surface area contributed by atoms with Crippen LogP contribution in [-0.4, -0.2) is 197 Å². The molecule has 11 atom stereocenters. The predicted octanol–water partition coefficient (Wildman–Crippen LogP) is 14.7. The number of hydrogen-bond donors (Lipinski definition) is 14. The molecule has 6 unspecified atom stereocenters. The number of nitrogens with one attached hydrogen (secondary N) is 7. The average Bonchev–Trinajstić information content (AvgIpc) is 0.874. The molecule has 32 nitrogen and oxygen atoms in total. The molecule has 0 saturated carbocycles. The topological polar surface area (TPSA) is 505 Å². The lowest BCUT2D eigenvalue weighted by Gasteiger charge is -2.26. The fourth-order valence-corrected chi connectivity index (χ4v) is 10.6. The zero-order valence-electron chi connectivity index (χ0n) is 73.9. The summed E-state index contributed by atoms with van der Waals surface area (Å²) in [4.78, 5) is 150. The second-order valence-electron chi connectivity index (χ2n) is 29.1. The number of Topliss-reactive ketones (excluding diaryl/α,β-unsaturated/α-hetero) is 2. The molecule has 726 valence electrons. The molecule has 0 saturated heterocycles. The highest BCUT2D eigenvalue weighted by Gasteiger charge is 2.33. The van der Waals surface area contributed by atoms with Crippen LogP contribution in [0.4, 0.5) is 46.3 Å². The molecule has 5 aromatic rings. The lowest BCUT2D eigenvalue weighted by atomic mass is 10.0. The maximum Gasteiger partial charge on any atom is 0.408 e. The number of carboxylic acid groups (broad SMARTS) is 3. The Balaban J connectivity index is -0.000000737. The number of carbonyl (C=O) groups excluding carboxylic acids is 10. The van der Waals surface area contributed by atoms with Crippen molar-refractivity contribution in [3.05, 3.63) is 174 Å². The zero-order chi connectivity index (χ0) is 99.3. The van der Waals surface area contributed by atoms with Crippen molar-refractivity contribution in [3.63, 3.8) is 0 Å². The van der Waals surface area contributed by atoms with Crippen LogP contribution in [0.15, 0.2) is 121 Å². The van der Waals surface area contributed by atoms with Crippen LogP contribution in [0.25, 0.3) is 0 Å². The van der Waals surface area contributed by atoms with Gasteiger partial charge in [0.2, 0.25) is 17.7 Å². The van der Waals surface area contributed by atoms with Crippen molar-refractivity contribution in [1.82, 2.24) is 37.2 Å². The summed E-state index contributed by atoms with van der Waals surface area (Å²) < 4.78 is 87.0. The highest BCUT2D eigenvalue weighted by molar-refractivity contribution is 6.61. The van der Waals surface area contributed by atoms with Gasteiger partial charge < -0.3 is 97.9 Å². The van der Waals surface area contributed by atoms with E-state index in [4.69, 9.17) is 125 Å². The maximum atomic E-state index is 12.6. The first kappa shape index (κ1) is 123. The second kappa shape index (κ2) is 69.9. The molecule has 0 radical (unpaired) electrons. The van der Waals surface area contributed by atoms with Gasteiger partial charge in [-0.05, 0) is 79.2 Å². The SMILES string of the molecule is C.CC(C)[C@H](N)C(=O)O.CC(C)[C@H](NC(=O)OCc1ccccc1Cl)C(=O)NC(CC(=O)O)C(=O)CF.CC(C)[C@H](NC(=O)OCc1ccccc1Cl)C(=O)O.CCC(N)C(O)CF.CCC(NC(=O)[C@@H](NC(=O)OCc1ccccc1Cl)C(C)C)C(=O)CF.CCC(NC(=O)[C@@H](NC(=O)OCc1ccccc1Cl)C(C)C)C(O)CF.O=C(Cl)OCc1ccccc1Cl.[3H]F. The number of nitrogens with two attached hydrogens (primary N) is 2. The number of amides is 7. The summed E-state index contributed by atoms with van der Waals surface area (Å²) in [5, 5.41) is 63.4. The lowest BCUT2D eigenvalue weighted by molar-refractivity contribution is -0.141. The molecule has 0 aromatic heterocycles. The van der Waals surface area contributed by atoms with Crippen molar-refractivity contribution in [2.75, 3.05) is 26.7 Å². The molecule has 43 heteroatoms. The van der Waals surface area contributed by atoms with E-state index in [-0.39, 0.29) is 70.6 Å². The molecule has 16 N–H and O–H groups in total. The number of alkyl halides is 4. The van der Waals surface area contributed by atoms with Gasteiger partial charge in [-0.15, -0.1) is 0 Å². The van der Waals surface area contributed by atoms with E-state index in [1.807, 2.05) is 13.0 Å². The lowest BCUT2D eigenvalue weighted by Crippen LogP contribution is -2.54. The van der Waals surface area contributed by atoms with Crippen molar-refractivity contribution < 1.29 is 134 Å². The highest BCUT2D eigenvalue weighted by atomic mass is 35.5. The van der Waals surface area contributed by atoms with Gasteiger partial charge in [0, 0.05) is 70.6 Å². The number of aliphatic hydroxyl groups excluding tert-OH is 2. The van der Waals surface area contributed by atoms with E-state index in [1.54, 1.807) is 198 Å². The van der Waals surface area contributed by atoms with Crippen LogP contribution in [0.1, 0.15) is 151 Å². The number of carbonyl (C=O) groups is 13. The van der Waals surface area contributed by atoms with Gasteiger partial charge in [0.15, 0.2) is 11.6 Å². The Morgan fingerprint density at radius 3 is 0.868 bits per heavy atom. The smallest absolute Gasteiger partial charge is 0.408 e. The van der Waals surface area contributed by atoms with E-state index in [0.29, 0.717) is 60.2 Å². The first-order chi connectivity index (χ1) is 60.6. The van der Waals surface area contributed by atoms with E-state index >= 15 is 0 Å². The van der Waals surface area contributed by atoms with E-state index in [1.165, 1.54) is 0 Å². The number of carboxylic acids is 3. The van der Waals surface area contributed by atoms with Crippen molar-refractivity contribution in [1.29, 1.82) is 1.45 Å². The highest BCUT2D eigenvalue weighted by Crippen LogP contribution is 2.22. The third-order valence-corrected chi connectivity index (χ3v) is 19.4. The van der Waals surface area contributed by atoms with Crippen LogP contribution in [0.3, 0.4) is 0 Å². The molecule has 0 heterocycles. The fraction of sp³-hybridized carbons (Fsp3) is 0.500. The summed E-state index contributed by atoms with van der Waals surface area (Å²) >= 11 is 34.6. The third kappa shape index (κ3) is 53.7. The molecule has 0 aliphatic heterocycles. The number of hydrogen-bond acceptors (Lipinski definition) is 22. The van der Waals surface area contributed by atoms with Crippen LogP contribution in [0.5, 0.6) is 0 Å². The largest absolute Gasteiger partial charge is 0.481 e. The van der Waals surface area contributed by atoms with Gasteiger partial charge in [-0.25, -0.2) is 46.3 Å². The van der Waals surface area contributed by atoms with Gasteiger partial charge in [0.05, 0.1) is 24.6 Å². The molecular weight excluding hydrogens is 1830 g/mol. The minimum Gasteiger partial charge on any atom is -0.481 e. The summed E-state index contributed by atoms with van der Waals surface area (Å²) in [7, 11) is 0. The van der Waals surface area contributed by atoms with Gasteiger partial charge in [-0.1, -0.05) is 246 Å². The molecule has 0 aliphatic rings. The van der Waals surface area contributed by atoms with Crippen LogP contribution in [-0.2, 0) is 95.1 Å². The molecule has 7 amide bonds. The van der Waals surface area contributed by atoms with E-state index in [0.717, 1.165) is 5.56 Å². The minimum absolute atomic E-state index is 0. The monoisotopic (exact) mass is 1960 g/mol. The number of ether oxygens (including phenoxy) is 5. The average molecular weight is 1960 g/mol. The third-order valence-electron chi connectivity index (χ3n) is 17.4. The zero-order valence-corrected chi connectivity index (χ0v) is 77.4. The Morgan fingerprint density at radius 2 is 0.659 bits per heavy atom. The fourth-order valence-electron chi connectivity index (χ4n) is 9.64. The van der Waals surface area contributed by atoms with Crippen LogP contribution in [0, 0.1) is 29.6 Å². The predicted molar refractivity (Wildman–Crippen MR) is 481 cm³/mol. The van der Waals surface area contributed by atoms with Crippen molar-refractivity contribution in [3.8, 4) is 0 Å². The van der Waals surface area contributed by atoms with Crippen LogP contribution in [0.2, 0.25) is 25.1 Å². The van der Waals surface area contributed by atoms with Gasteiger partial charge in [0.25, 0.3) is 1.45 Å².